The molecule has 3 unspecified atom stereocenters. The van der Waals surface area contributed by atoms with E-state index in [9.17, 15) is 4.79 Å². The average Bonchev–Trinajstić information content (AvgIpc) is 2.68. The van der Waals surface area contributed by atoms with Crippen LogP contribution in [0, 0.1) is 11.8 Å². The maximum absolute atomic E-state index is 12.0. The van der Waals surface area contributed by atoms with Crippen LogP contribution in [0.2, 0.25) is 0 Å². The van der Waals surface area contributed by atoms with E-state index in [1.54, 1.807) is 0 Å². The number of nitrogens with two attached hydrogens (primary N) is 1. The third-order valence-corrected chi connectivity index (χ3v) is 3.64. The van der Waals surface area contributed by atoms with E-state index >= 15 is 0 Å². The van der Waals surface area contributed by atoms with Crippen molar-refractivity contribution in [3.05, 3.63) is 11.9 Å². The summed E-state index contributed by atoms with van der Waals surface area (Å²) >= 11 is 0. The molecule has 1 amide bonds. The molecule has 17 heavy (non-hydrogen) atoms. The fourth-order valence-corrected chi connectivity index (χ4v) is 2.60. The van der Waals surface area contributed by atoms with Gasteiger partial charge in [0.25, 0.3) is 5.91 Å². The molecule has 94 valence electrons. The Morgan fingerprint density at radius 3 is 2.88 bits per heavy atom. The fourth-order valence-electron chi connectivity index (χ4n) is 2.60. The summed E-state index contributed by atoms with van der Waals surface area (Å²) in [4.78, 5) is 12.0. The van der Waals surface area contributed by atoms with Gasteiger partial charge in [0.1, 0.15) is 5.69 Å². The van der Waals surface area contributed by atoms with Gasteiger partial charge in [-0.2, -0.15) is 5.10 Å². The lowest BCUT2D eigenvalue weighted by Crippen LogP contribution is -2.42. The first kappa shape index (κ1) is 12.0. The summed E-state index contributed by atoms with van der Waals surface area (Å²) in [6.45, 7) is 4.46. The molecule has 0 saturated heterocycles. The van der Waals surface area contributed by atoms with Crippen LogP contribution in [0.3, 0.4) is 0 Å². The molecule has 1 aliphatic rings. The Morgan fingerprint density at radius 2 is 2.29 bits per heavy atom. The highest BCUT2D eigenvalue weighted by atomic mass is 16.2. The Balaban J connectivity index is 1.97. The molecule has 0 spiro atoms. The van der Waals surface area contributed by atoms with Crippen LogP contribution in [0.1, 0.15) is 43.6 Å². The molecule has 0 bridgehead atoms. The lowest BCUT2D eigenvalue weighted by molar-refractivity contribution is 0.0895. The zero-order chi connectivity index (χ0) is 12.4. The minimum atomic E-state index is -0.147. The zero-order valence-electron chi connectivity index (χ0n) is 10.4. The van der Waals surface area contributed by atoms with E-state index < -0.39 is 0 Å². The van der Waals surface area contributed by atoms with Gasteiger partial charge in [-0.3, -0.25) is 9.89 Å². The second-order valence-electron chi connectivity index (χ2n) is 5.18. The number of anilines is 1. The number of carbonyl (C=O) groups excluding carboxylic acids is 1. The molecular formula is C12H20N4O. The number of H-pyrrole nitrogens is 1. The predicted octanol–water partition coefficient (Wildman–Crippen LogP) is 1.55. The van der Waals surface area contributed by atoms with E-state index in [1.165, 1.54) is 19.0 Å². The standard InChI is InChI=1S/C12H20N4O/c1-7-3-4-10(8(2)5-7)15-12(17)11-9(13)6-14-16-11/h6-8,10H,3-5,13H2,1-2H3,(H,14,16)(H,15,17). The van der Waals surface area contributed by atoms with Gasteiger partial charge < -0.3 is 11.1 Å². The Bertz CT molecular complexity index is 401. The monoisotopic (exact) mass is 236 g/mol. The summed E-state index contributed by atoms with van der Waals surface area (Å²) in [5, 5.41) is 9.43. The quantitative estimate of drug-likeness (QED) is 0.728. The normalized spacial score (nSPS) is 28.9. The maximum atomic E-state index is 12.0. The number of carbonyl (C=O) groups is 1. The molecule has 1 heterocycles. The van der Waals surface area contributed by atoms with Gasteiger partial charge in [0, 0.05) is 6.04 Å². The molecule has 1 fully saturated rings. The van der Waals surface area contributed by atoms with Crippen LogP contribution in [0.25, 0.3) is 0 Å². The summed E-state index contributed by atoms with van der Waals surface area (Å²) in [5.41, 5.74) is 6.42. The smallest absolute Gasteiger partial charge is 0.271 e. The number of rotatable bonds is 2. The number of nitrogens with zero attached hydrogens (tertiary/aromatic N) is 1. The number of aromatic amines is 1. The van der Waals surface area contributed by atoms with Crippen LogP contribution >= 0.6 is 0 Å². The van der Waals surface area contributed by atoms with Crippen molar-refractivity contribution in [2.24, 2.45) is 11.8 Å². The molecule has 3 atom stereocenters. The van der Waals surface area contributed by atoms with Crippen molar-refractivity contribution in [2.45, 2.75) is 39.2 Å². The predicted molar refractivity (Wildman–Crippen MR) is 66.4 cm³/mol. The molecule has 5 nitrogen and oxygen atoms in total. The minimum Gasteiger partial charge on any atom is -0.396 e. The summed E-state index contributed by atoms with van der Waals surface area (Å²) in [7, 11) is 0. The summed E-state index contributed by atoms with van der Waals surface area (Å²) < 4.78 is 0. The van der Waals surface area contributed by atoms with Gasteiger partial charge in [0.15, 0.2) is 0 Å². The number of nitrogen functional groups attached to an aromatic ring is 1. The number of aromatic nitrogens is 2. The molecule has 1 saturated carbocycles. The van der Waals surface area contributed by atoms with Gasteiger partial charge in [-0.1, -0.05) is 13.8 Å². The molecule has 5 heteroatoms. The third kappa shape index (κ3) is 2.60. The first-order valence-corrected chi connectivity index (χ1v) is 6.17. The fraction of sp³-hybridized carbons (Fsp3) is 0.667. The van der Waals surface area contributed by atoms with Crippen molar-refractivity contribution in [2.75, 3.05) is 5.73 Å². The SMILES string of the molecule is CC1CCC(NC(=O)c2[nH]ncc2N)C(C)C1. The molecule has 0 aliphatic heterocycles. The van der Waals surface area contributed by atoms with Crippen molar-refractivity contribution in [1.29, 1.82) is 0 Å². The van der Waals surface area contributed by atoms with Crippen LogP contribution in [0.5, 0.6) is 0 Å². The van der Waals surface area contributed by atoms with Crippen LogP contribution in [0.4, 0.5) is 5.69 Å². The highest BCUT2D eigenvalue weighted by molar-refractivity contribution is 5.97. The van der Waals surface area contributed by atoms with Crippen LogP contribution in [0.15, 0.2) is 6.20 Å². The van der Waals surface area contributed by atoms with Gasteiger partial charge in [0.05, 0.1) is 11.9 Å². The summed E-state index contributed by atoms with van der Waals surface area (Å²) in [5.74, 6) is 1.13. The number of amides is 1. The number of hydrogen-bond acceptors (Lipinski definition) is 3. The van der Waals surface area contributed by atoms with E-state index in [2.05, 4.69) is 29.4 Å². The van der Waals surface area contributed by atoms with Crippen molar-refractivity contribution >= 4 is 11.6 Å². The molecular weight excluding hydrogens is 216 g/mol. The Kier molecular flexibility index (Phi) is 3.36. The molecule has 0 aromatic carbocycles. The van der Waals surface area contributed by atoms with E-state index in [4.69, 9.17) is 5.73 Å². The van der Waals surface area contributed by atoms with Gasteiger partial charge >= 0.3 is 0 Å². The number of nitrogens with one attached hydrogen (secondary N) is 2. The number of hydrogen-bond donors (Lipinski definition) is 3. The van der Waals surface area contributed by atoms with Crippen LogP contribution in [-0.4, -0.2) is 22.1 Å². The van der Waals surface area contributed by atoms with E-state index in [0.29, 0.717) is 17.3 Å². The molecule has 1 aromatic heterocycles. The van der Waals surface area contributed by atoms with Crippen LogP contribution < -0.4 is 11.1 Å². The third-order valence-electron chi connectivity index (χ3n) is 3.64. The van der Waals surface area contributed by atoms with Gasteiger partial charge in [-0.25, -0.2) is 0 Å². The highest BCUT2D eigenvalue weighted by Crippen LogP contribution is 2.28. The lowest BCUT2D eigenvalue weighted by Gasteiger charge is -2.33. The molecule has 4 N–H and O–H groups in total. The summed E-state index contributed by atoms with van der Waals surface area (Å²) in [6, 6.07) is 0.251. The first-order chi connectivity index (χ1) is 8.08. The lowest BCUT2D eigenvalue weighted by atomic mass is 9.80. The van der Waals surface area contributed by atoms with E-state index in [0.717, 1.165) is 12.3 Å². The topological polar surface area (TPSA) is 83.8 Å². The van der Waals surface area contributed by atoms with Gasteiger partial charge in [-0.05, 0) is 31.1 Å². The molecule has 0 radical (unpaired) electrons. The average molecular weight is 236 g/mol. The molecule has 1 aliphatic carbocycles. The Labute approximate surface area is 101 Å². The van der Waals surface area contributed by atoms with Crippen LogP contribution in [-0.2, 0) is 0 Å². The highest BCUT2D eigenvalue weighted by Gasteiger charge is 2.27. The molecule has 1 aromatic rings. The van der Waals surface area contributed by atoms with Crippen molar-refractivity contribution in [3.8, 4) is 0 Å². The Hall–Kier alpha value is -1.52. The van der Waals surface area contributed by atoms with Gasteiger partial charge in [-0.15, -0.1) is 0 Å². The second kappa shape index (κ2) is 4.77. The van der Waals surface area contributed by atoms with Gasteiger partial charge in [0.2, 0.25) is 0 Å². The molecule has 2 rings (SSSR count). The van der Waals surface area contributed by atoms with E-state index in [-0.39, 0.29) is 11.9 Å². The second-order valence-corrected chi connectivity index (χ2v) is 5.18. The first-order valence-electron chi connectivity index (χ1n) is 6.17. The largest absolute Gasteiger partial charge is 0.396 e. The van der Waals surface area contributed by atoms with Crippen molar-refractivity contribution in [3.63, 3.8) is 0 Å². The van der Waals surface area contributed by atoms with Crippen molar-refractivity contribution < 1.29 is 4.79 Å². The zero-order valence-corrected chi connectivity index (χ0v) is 10.4. The van der Waals surface area contributed by atoms with E-state index in [1.807, 2.05) is 0 Å². The minimum absolute atomic E-state index is 0.147. The Morgan fingerprint density at radius 1 is 1.53 bits per heavy atom. The maximum Gasteiger partial charge on any atom is 0.271 e. The summed E-state index contributed by atoms with van der Waals surface area (Å²) in [6.07, 6.45) is 4.85. The van der Waals surface area contributed by atoms with Crippen molar-refractivity contribution in [1.82, 2.24) is 15.5 Å².